The van der Waals surface area contributed by atoms with E-state index in [2.05, 4.69) is 0 Å². The van der Waals surface area contributed by atoms with Gasteiger partial charge in [-0.05, 0) is 30.2 Å². The summed E-state index contributed by atoms with van der Waals surface area (Å²) in [6.45, 7) is 2.01. The van der Waals surface area contributed by atoms with E-state index in [-0.39, 0.29) is 10.6 Å². The van der Waals surface area contributed by atoms with Gasteiger partial charge in [0, 0.05) is 28.5 Å². The van der Waals surface area contributed by atoms with E-state index in [0.29, 0.717) is 5.75 Å². The number of nitro benzene ring substituents is 1. The van der Waals surface area contributed by atoms with Gasteiger partial charge in [0.2, 0.25) is 0 Å². The van der Waals surface area contributed by atoms with Crippen LogP contribution < -0.4 is 5.73 Å². The Morgan fingerprint density at radius 3 is 2.79 bits per heavy atom. The molecule has 0 aliphatic rings. The quantitative estimate of drug-likeness (QED) is 0.399. The summed E-state index contributed by atoms with van der Waals surface area (Å²) in [6, 6.07) is 12.5. The topological polar surface area (TPSA) is 69.2 Å². The predicted molar refractivity (Wildman–Crippen MR) is 78.2 cm³/mol. The van der Waals surface area contributed by atoms with Crippen LogP contribution in [0.2, 0.25) is 0 Å². The van der Waals surface area contributed by atoms with Crippen LogP contribution in [0.4, 0.5) is 11.4 Å². The Balaban J connectivity index is 2.12. The molecule has 0 fully saturated rings. The van der Waals surface area contributed by atoms with E-state index in [1.807, 2.05) is 31.2 Å². The van der Waals surface area contributed by atoms with Crippen molar-refractivity contribution in [2.24, 2.45) is 0 Å². The summed E-state index contributed by atoms with van der Waals surface area (Å²) in [7, 11) is 0. The summed E-state index contributed by atoms with van der Waals surface area (Å²) in [5.74, 6) is 0.662. The molecule has 2 rings (SSSR count). The molecular weight excluding hydrogens is 260 g/mol. The number of nitrogens with zero attached hydrogens (tertiary/aromatic N) is 1. The number of rotatable bonds is 4. The highest BCUT2D eigenvalue weighted by Crippen LogP contribution is 2.29. The standard InChI is InChI=1S/C14H14N2O2S/c1-10-5-6-13(15)14(7-10)19-9-11-3-2-4-12(8-11)16(17)18/h2-8H,9,15H2,1H3. The van der Waals surface area contributed by atoms with E-state index in [9.17, 15) is 10.1 Å². The van der Waals surface area contributed by atoms with Crippen molar-refractivity contribution in [2.75, 3.05) is 5.73 Å². The van der Waals surface area contributed by atoms with E-state index in [1.165, 1.54) is 6.07 Å². The van der Waals surface area contributed by atoms with Crippen LogP contribution in [0.15, 0.2) is 47.4 Å². The third-order valence-corrected chi connectivity index (χ3v) is 3.83. The molecule has 0 radical (unpaired) electrons. The third-order valence-electron chi connectivity index (χ3n) is 2.68. The molecule has 19 heavy (non-hydrogen) atoms. The highest BCUT2D eigenvalue weighted by atomic mass is 32.2. The first-order valence-electron chi connectivity index (χ1n) is 5.78. The summed E-state index contributed by atoms with van der Waals surface area (Å²) >= 11 is 1.59. The summed E-state index contributed by atoms with van der Waals surface area (Å²) in [4.78, 5) is 11.3. The van der Waals surface area contributed by atoms with Crippen LogP contribution >= 0.6 is 11.8 Å². The number of hydrogen-bond donors (Lipinski definition) is 1. The van der Waals surface area contributed by atoms with Gasteiger partial charge in [0.15, 0.2) is 0 Å². The van der Waals surface area contributed by atoms with Crippen molar-refractivity contribution in [3.8, 4) is 0 Å². The average molecular weight is 274 g/mol. The molecule has 0 saturated carbocycles. The van der Waals surface area contributed by atoms with Crippen LogP contribution in [0.25, 0.3) is 0 Å². The highest BCUT2D eigenvalue weighted by Gasteiger charge is 2.07. The fourth-order valence-corrected chi connectivity index (χ4v) is 2.69. The Morgan fingerprint density at radius 2 is 2.05 bits per heavy atom. The lowest BCUT2D eigenvalue weighted by molar-refractivity contribution is -0.384. The van der Waals surface area contributed by atoms with E-state index in [1.54, 1.807) is 23.9 Å². The highest BCUT2D eigenvalue weighted by molar-refractivity contribution is 7.98. The largest absolute Gasteiger partial charge is 0.398 e. The first-order valence-corrected chi connectivity index (χ1v) is 6.77. The second-order valence-corrected chi connectivity index (χ2v) is 5.27. The minimum atomic E-state index is -0.380. The van der Waals surface area contributed by atoms with E-state index in [4.69, 9.17) is 5.73 Å². The zero-order chi connectivity index (χ0) is 13.8. The number of anilines is 1. The first kappa shape index (κ1) is 13.4. The van der Waals surface area contributed by atoms with Gasteiger partial charge in [0.1, 0.15) is 0 Å². The van der Waals surface area contributed by atoms with Gasteiger partial charge in [-0.25, -0.2) is 0 Å². The summed E-state index contributed by atoms with van der Waals surface area (Å²) in [6.07, 6.45) is 0. The molecule has 98 valence electrons. The van der Waals surface area contributed by atoms with Crippen molar-refractivity contribution < 1.29 is 4.92 Å². The van der Waals surface area contributed by atoms with Crippen molar-refractivity contribution in [1.82, 2.24) is 0 Å². The van der Waals surface area contributed by atoms with Crippen LogP contribution in [-0.4, -0.2) is 4.92 Å². The molecule has 0 aliphatic carbocycles. The van der Waals surface area contributed by atoms with Crippen molar-refractivity contribution >= 4 is 23.1 Å². The van der Waals surface area contributed by atoms with Gasteiger partial charge in [0.25, 0.3) is 5.69 Å². The van der Waals surface area contributed by atoms with E-state index < -0.39 is 0 Å². The Morgan fingerprint density at radius 1 is 1.26 bits per heavy atom. The minimum Gasteiger partial charge on any atom is -0.398 e. The normalized spacial score (nSPS) is 10.4. The fourth-order valence-electron chi connectivity index (χ4n) is 1.69. The molecule has 4 nitrogen and oxygen atoms in total. The molecular formula is C14H14N2O2S. The molecule has 0 heterocycles. The zero-order valence-corrected chi connectivity index (χ0v) is 11.3. The predicted octanol–water partition coefficient (Wildman–Crippen LogP) is 3.78. The number of hydrogen-bond acceptors (Lipinski definition) is 4. The average Bonchev–Trinajstić information content (AvgIpc) is 2.40. The molecule has 0 aromatic heterocycles. The molecule has 2 aromatic carbocycles. The molecule has 0 saturated heterocycles. The smallest absolute Gasteiger partial charge is 0.269 e. The summed E-state index contributed by atoms with van der Waals surface area (Å²) < 4.78 is 0. The number of thioether (sulfide) groups is 1. The molecule has 0 aliphatic heterocycles. The van der Waals surface area contributed by atoms with Gasteiger partial charge in [-0.2, -0.15) is 0 Å². The lowest BCUT2D eigenvalue weighted by atomic mass is 10.2. The fraction of sp³-hybridized carbons (Fsp3) is 0.143. The molecule has 0 atom stereocenters. The third kappa shape index (κ3) is 3.48. The lowest BCUT2D eigenvalue weighted by Gasteiger charge is -2.06. The molecule has 5 heteroatoms. The van der Waals surface area contributed by atoms with Crippen LogP contribution in [0.1, 0.15) is 11.1 Å². The van der Waals surface area contributed by atoms with Crippen molar-refractivity contribution in [3.63, 3.8) is 0 Å². The Hall–Kier alpha value is -2.01. The summed E-state index contributed by atoms with van der Waals surface area (Å²) in [5.41, 5.74) is 8.83. The van der Waals surface area contributed by atoms with Gasteiger partial charge >= 0.3 is 0 Å². The van der Waals surface area contributed by atoms with Gasteiger partial charge in [-0.15, -0.1) is 11.8 Å². The minimum absolute atomic E-state index is 0.121. The monoisotopic (exact) mass is 274 g/mol. The van der Waals surface area contributed by atoms with Crippen LogP contribution in [0.5, 0.6) is 0 Å². The lowest BCUT2D eigenvalue weighted by Crippen LogP contribution is -1.91. The first-order chi connectivity index (χ1) is 9.06. The van der Waals surface area contributed by atoms with Crippen molar-refractivity contribution in [3.05, 3.63) is 63.7 Å². The van der Waals surface area contributed by atoms with Crippen LogP contribution in [0.3, 0.4) is 0 Å². The maximum absolute atomic E-state index is 10.7. The molecule has 0 amide bonds. The number of nitrogen functional groups attached to an aromatic ring is 1. The van der Waals surface area contributed by atoms with Crippen molar-refractivity contribution in [1.29, 1.82) is 0 Å². The maximum Gasteiger partial charge on any atom is 0.269 e. The Kier molecular flexibility index (Phi) is 4.06. The number of aryl methyl sites for hydroxylation is 1. The second-order valence-electron chi connectivity index (χ2n) is 4.26. The van der Waals surface area contributed by atoms with Crippen molar-refractivity contribution in [2.45, 2.75) is 17.6 Å². The number of benzene rings is 2. The summed E-state index contributed by atoms with van der Waals surface area (Å²) in [5, 5.41) is 10.7. The number of nitro groups is 1. The zero-order valence-electron chi connectivity index (χ0n) is 10.5. The van der Waals surface area contributed by atoms with E-state index >= 15 is 0 Å². The molecule has 0 spiro atoms. The molecule has 2 aromatic rings. The van der Waals surface area contributed by atoms with Gasteiger partial charge < -0.3 is 5.73 Å². The van der Waals surface area contributed by atoms with Gasteiger partial charge in [-0.3, -0.25) is 10.1 Å². The molecule has 2 N–H and O–H groups in total. The number of nitrogens with two attached hydrogens (primary N) is 1. The van der Waals surface area contributed by atoms with Crippen LogP contribution in [0, 0.1) is 17.0 Å². The Labute approximate surface area is 115 Å². The number of non-ortho nitro benzene ring substituents is 1. The van der Waals surface area contributed by atoms with Crippen LogP contribution in [-0.2, 0) is 5.75 Å². The SMILES string of the molecule is Cc1ccc(N)c(SCc2cccc([N+](=O)[O-])c2)c1. The maximum atomic E-state index is 10.7. The second kappa shape index (κ2) is 5.75. The van der Waals surface area contributed by atoms with Gasteiger partial charge in [-0.1, -0.05) is 18.2 Å². The molecule has 0 unspecified atom stereocenters. The Bertz CT molecular complexity index is 614. The van der Waals surface area contributed by atoms with Gasteiger partial charge in [0.05, 0.1) is 4.92 Å². The molecule has 0 bridgehead atoms. The van der Waals surface area contributed by atoms with E-state index in [0.717, 1.165) is 21.7 Å².